The number of fused-ring (bicyclic) bond motifs is 1. The van der Waals surface area contributed by atoms with Gasteiger partial charge in [-0.1, -0.05) is 19.1 Å². The maximum Gasteiger partial charge on any atom is 0.235 e. The number of hydrogen-bond donors (Lipinski definition) is 1. The molecule has 1 aliphatic carbocycles. The molecule has 3 aromatic rings. The summed E-state index contributed by atoms with van der Waals surface area (Å²) in [4.78, 5) is 29.2. The number of amides is 2. The van der Waals surface area contributed by atoms with Gasteiger partial charge in [-0.3, -0.25) is 24.5 Å². The van der Waals surface area contributed by atoms with Crippen LogP contribution in [0.2, 0.25) is 0 Å². The van der Waals surface area contributed by atoms with Crippen LogP contribution in [0.1, 0.15) is 74.6 Å². The van der Waals surface area contributed by atoms with Gasteiger partial charge in [0.15, 0.2) is 0 Å². The van der Waals surface area contributed by atoms with E-state index in [1.54, 1.807) is 0 Å². The molecule has 2 atom stereocenters. The van der Waals surface area contributed by atoms with Gasteiger partial charge in [0.25, 0.3) is 0 Å². The predicted octanol–water partition coefficient (Wildman–Crippen LogP) is 5.50. The SMILES string of the molecule is Cc1cccc(OC2CCC(CC(C)CN3CCN(c4ccc5c(C6CCC(=O)NC6=O)nn(C)c5c4)CC3)CC2)c1C. The lowest BCUT2D eigenvalue weighted by atomic mass is 9.82. The van der Waals surface area contributed by atoms with E-state index in [1.165, 1.54) is 55.5 Å². The number of anilines is 1. The van der Waals surface area contributed by atoms with Gasteiger partial charge in [0.05, 0.1) is 23.2 Å². The molecule has 0 radical (unpaired) electrons. The largest absolute Gasteiger partial charge is 0.490 e. The van der Waals surface area contributed by atoms with E-state index in [0.29, 0.717) is 24.9 Å². The topological polar surface area (TPSA) is 79.7 Å². The third-order valence-corrected chi connectivity index (χ3v) is 10.1. The smallest absolute Gasteiger partial charge is 0.235 e. The van der Waals surface area contributed by atoms with Crippen LogP contribution in [0.5, 0.6) is 5.75 Å². The minimum absolute atomic E-state index is 0.195. The van der Waals surface area contributed by atoms with Crippen molar-refractivity contribution in [3.05, 3.63) is 53.2 Å². The van der Waals surface area contributed by atoms with Crippen LogP contribution in [0.25, 0.3) is 10.9 Å². The Kier molecular flexibility index (Phi) is 8.75. The molecule has 2 amide bonds. The van der Waals surface area contributed by atoms with Crippen molar-refractivity contribution in [1.82, 2.24) is 20.0 Å². The number of carbonyl (C=O) groups excluding carboxylic acids is 2. The highest BCUT2D eigenvalue weighted by Crippen LogP contribution is 2.34. The fraction of sp³-hybridized carbons (Fsp3) is 0.571. The molecule has 0 spiro atoms. The fourth-order valence-corrected chi connectivity index (χ4v) is 7.47. The average Bonchev–Trinajstić information content (AvgIpc) is 3.32. The minimum atomic E-state index is -0.371. The van der Waals surface area contributed by atoms with Gasteiger partial charge in [0.1, 0.15) is 5.75 Å². The molecule has 2 aliphatic heterocycles. The van der Waals surface area contributed by atoms with Gasteiger partial charge >= 0.3 is 0 Å². The molecule has 2 unspecified atom stereocenters. The van der Waals surface area contributed by atoms with Crippen LogP contribution in [0.4, 0.5) is 5.69 Å². The number of benzene rings is 2. The van der Waals surface area contributed by atoms with Gasteiger partial charge in [-0.15, -0.1) is 0 Å². The molecule has 8 nitrogen and oxygen atoms in total. The summed E-state index contributed by atoms with van der Waals surface area (Å²) in [5, 5.41) is 8.18. The molecule has 43 heavy (non-hydrogen) atoms. The number of hydrogen-bond acceptors (Lipinski definition) is 6. The summed E-state index contributed by atoms with van der Waals surface area (Å²) in [6.07, 6.45) is 7.42. The molecule has 2 aromatic carbocycles. The third kappa shape index (κ3) is 6.59. The number of nitrogens with one attached hydrogen (secondary N) is 1. The molecule has 230 valence electrons. The molecule has 1 N–H and O–H groups in total. The van der Waals surface area contributed by atoms with E-state index in [9.17, 15) is 9.59 Å². The van der Waals surface area contributed by atoms with Crippen molar-refractivity contribution in [3.8, 4) is 5.75 Å². The van der Waals surface area contributed by atoms with E-state index in [2.05, 4.69) is 72.3 Å². The number of aryl methyl sites for hydroxylation is 2. The molecule has 3 fully saturated rings. The van der Waals surface area contributed by atoms with Gasteiger partial charge in [0.2, 0.25) is 11.8 Å². The number of rotatable bonds is 8. The van der Waals surface area contributed by atoms with Crippen molar-refractivity contribution in [2.45, 2.75) is 77.7 Å². The molecule has 0 bridgehead atoms. The molecule has 1 aromatic heterocycles. The number of imide groups is 1. The summed E-state index contributed by atoms with van der Waals surface area (Å²) in [7, 11) is 1.94. The lowest BCUT2D eigenvalue weighted by Crippen LogP contribution is -2.47. The highest BCUT2D eigenvalue weighted by molar-refractivity contribution is 6.02. The standard InChI is InChI=1S/C35H47N5O3/c1-23(20-26-8-11-28(12-9-26)43-32-7-5-6-24(2)25(32)3)22-39-16-18-40(19-17-39)27-10-13-29-31(21-27)38(4)37-34(29)30-14-15-33(41)36-35(30)42/h5-7,10,13,21,23,26,28,30H,8-9,11-12,14-20,22H2,1-4H3,(H,36,41,42). The second kappa shape index (κ2) is 12.7. The van der Waals surface area contributed by atoms with Crippen LogP contribution in [-0.2, 0) is 16.6 Å². The quantitative estimate of drug-likeness (QED) is 0.352. The average molecular weight is 586 g/mol. The van der Waals surface area contributed by atoms with E-state index in [4.69, 9.17) is 9.84 Å². The normalized spacial score (nSPS) is 24.3. The van der Waals surface area contributed by atoms with E-state index >= 15 is 0 Å². The fourth-order valence-electron chi connectivity index (χ4n) is 7.47. The van der Waals surface area contributed by atoms with E-state index < -0.39 is 0 Å². The number of piperidine rings is 1. The Morgan fingerprint density at radius 3 is 2.51 bits per heavy atom. The van der Waals surface area contributed by atoms with Gasteiger partial charge in [-0.2, -0.15) is 5.10 Å². The minimum Gasteiger partial charge on any atom is -0.490 e. The lowest BCUT2D eigenvalue weighted by molar-refractivity contribution is -0.134. The zero-order valence-corrected chi connectivity index (χ0v) is 26.3. The first-order chi connectivity index (χ1) is 20.7. The van der Waals surface area contributed by atoms with Crippen LogP contribution in [0.15, 0.2) is 36.4 Å². The number of carbonyl (C=O) groups is 2. The first kappa shape index (κ1) is 29.7. The summed E-state index contributed by atoms with van der Waals surface area (Å²) in [5.74, 6) is 1.77. The van der Waals surface area contributed by atoms with Crippen LogP contribution in [0, 0.1) is 25.7 Å². The highest BCUT2D eigenvalue weighted by Gasteiger charge is 2.32. The van der Waals surface area contributed by atoms with Gasteiger partial charge in [0, 0.05) is 57.3 Å². The van der Waals surface area contributed by atoms with Crippen molar-refractivity contribution in [1.29, 1.82) is 0 Å². The van der Waals surface area contributed by atoms with Crippen LogP contribution in [-0.4, -0.2) is 65.3 Å². The van der Waals surface area contributed by atoms with Crippen molar-refractivity contribution < 1.29 is 14.3 Å². The Hall–Kier alpha value is -3.39. The molecule has 3 aliphatic rings. The van der Waals surface area contributed by atoms with Crippen LogP contribution < -0.4 is 15.0 Å². The Morgan fingerprint density at radius 1 is 1.00 bits per heavy atom. The summed E-state index contributed by atoms with van der Waals surface area (Å²) in [6, 6.07) is 12.9. The molecule has 8 heteroatoms. The molecular formula is C35H47N5O3. The number of ether oxygens (including phenoxy) is 1. The first-order valence-corrected chi connectivity index (χ1v) is 16.3. The van der Waals surface area contributed by atoms with Crippen molar-refractivity contribution in [3.63, 3.8) is 0 Å². The maximum atomic E-state index is 12.5. The molecule has 1 saturated carbocycles. The van der Waals surface area contributed by atoms with Crippen molar-refractivity contribution in [2.75, 3.05) is 37.6 Å². The van der Waals surface area contributed by atoms with Gasteiger partial charge in [-0.05, 0) is 99.6 Å². The van der Waals surface area contributed by atoms with Crippen molar-refractivity contribution in [2.24, 2.45) is 18.9 Å². The zero-order chi connectivity index (χ0) is 30.1. The second-order valence-corrected chi connectivity index (χ2v) is 13.3. The van der Waals surface area contributed by atoms with E-state index in [0.717, 1.165) is 54.4 Å². The number of nitrogens with zero attached hydrogens (tertiary/aromatic N) is 4. The third-order valence-electron chi connectivity index (χ3n) is 10.1. The molecule has 6 rings (SSSR count). The number of aromatic nitrogens is 2. The van der Waals surface area contributed by atoms with Crippen molar-refractivity contribution >= 4 is 28.4 Å². The predicted molar refractivity (Wildman–Crippen MR) is 171 cm³/mol. The Bertz CT molecular complexity index is 1470. The van der Waals surface area contributed by atoms with Gasteiger partial charge < -0.3 is 9.64 Å². The maximum absolute atomic E-state index is 12.5. The van der Waals surface area contributed by atoms with Gasteiger partial charge in [-0.25, -0.2) is 0 Å². The zero-order valence-electron chi connectivity index (χ0n) is 26.3. The summed E-state index contributed by atoms with van der Waals surface area (Å²) in [6.45, 7) is 12.1. The second-order valence-electron chi connectivity index (χ2n) is 13.3. The molecular weight excluding hydrogens is 538 g/mol. The molecule has 2 saturated heterocycles. The first-order valence-electron chi connectivity index (χ1n) is 16.3. The Morgan fingerprint density at radius 2 is 1.77 bits per heavy atom. The molecule has 3 heterocycles. The van der Waals surface area contributed by atoms with E-state index in [-0.39, 0.29) is 17.7 Å². The Labute approximate surface area is 255 Å². The Balaban J connectivity index is 0.969. The summed E-state index contributed by atoms with van der Waals surface area (Å²) < 4.78 is 8.28. The van der Waals surface area contributed by atoms with E-state index in [1.807, 2.05) is 11.7 Å². The van der Waals surface area contributed by atoms with Crippen LogP contribution in [0.3, 0.4) is 0 Å². The summed E-state index contributed by atoms with van der Waals surface area (Å²) in [5.41, 5.74) is 5.58. The summed E-state index contributed by atoms with van der Waals surface area (Å²) >= 11 is 0. The number of piperazine rings is 1. The monoisotopic (exact) mass is 585 g/mol. The van der Waals surface area contributed by atoms with Crippen LogP contribution >= 0.6 is 0 Å². The lowest BCUT2D eigenvalue weighted by Gasteiger charge is -2.38. The highest BCUT2D eigenvalue weighted by atomic mass is 16.5.